The molecule has 29 heavy (non-hydrogen) atoms. The fourth-order valence-electron chi connectivity index (χ4n) is 3.38. The van der Waals surface area contributed by atoms with Crippen LogP contribution in [-0.2, 0) is 14.8 Å². The van der Waals surface area contributed by atoms with E-state index in [1.807, 2.05) is 12.1 Å². The monoisotopic (exact) mass is 434 g/mol. The number of carboxylic acid groups (broad SMARTS) is 1. The molecule has 1 aliphatic heterocycles. The van der Waals surface area contributed by atoms with Gasteiger partial charge in [-0.15, -0.1) is 0 Å². The van der Waals surface area contributed by atoms with Gasteiger partial charge in [0.05, 0.1) is 16.3 Å². The third-order valence-corrected chi connectivity index (χ3v) is 6.95. The Bertz CT molecular complexity index is 1050. The average Bonchev–Trinajstić information content (AvgIpc) is 2.75. The quantitative estimate of drug-likeness (QED) is 0.656. The molecular formula is C21H23ClN2O4S. The Balaban J connectivity index is 1.94. The first-order chi connectivity index (χ1) is 13.8. The van der Waals surface area contributed by atoms with E-state index < -0.39 is 16.0 Å². The number of carbonyl (C=O) groups is 1. The molecule has 0 unspecified atom stereocenters. The molecule has 3 rings (SSSR count). The zero-order chi connectivity index (χ0) is 21.0. The Hall–Kier alpha value is -2.38. The zero-order valence-corrected chi connectivity index (χ0v) is 17.7. The van der Waals surface area contributed by atoms with E-state index in [9.17, 15) is 13.2 Å². The van der Waals surface area contributed by atoms with Crippen molar-refractivity contribution in [2.24, 2.45) is 4.99 Å². The Kier molecular flexibility index (Phi) is 6.59. The molecule has 2 aromatic carbocycles. The lowest BCUT2D eigenvalue weighted by atomic mass is 10.00. The van der Waals surface area contributed by atoms with Crippen LogP contribution in [0.5, 0.6) is 0 Å². The van der Waals surface area contributed by atoms with E-state index in [0.29, 0.717) is 35.0 Å². The van der Waals surface area contributed by atoms with Crippen molar-refractivity contribution in [2.75, 3.05) is 17.9 Å². The summed E-state index contributed by atoms with van der Waals surface area (Å²) in [6.07, 6.45) is 3.34. The van der Waals surface area contributed by atoms with Gasteiger partial charge in [-0.25, -0.2) is 8.42 Å². The van der Waals surface area contributed by atoms with E-state index in [-0.39, 0.29) is 11.3 Å². The lowest BCUT2D eigenvalue weighted by Crippen LogP contribution is -2.26. The van der Waals surface area contributed by atoms with Crippen molar-refractivity contribution in [3.63, 3.8) is 0 Å². The number of carboxylic acids is 1. The van der Waals surface area contributed by atoms with Crippen LogP contribution in [0.4, 0.5) is 5.69 Å². The van der Waals surface area contributed by atoms with Gasteiger partial charge in [-0.1, -0.05) is 42.6 Å². The second-order valence-electron chi connectivity index (χ2n) is 6.92. The van der Waals surface area contributed by atoms with Gasteiger partial charge < -0.3 is 5.11 Å². The number of aliphatic imine (C=N–C) groups is 1. The van der Waals surface area contributed by atoms with Crippen molar-refractivity contribution >= 4 is 39.0 Å². The number of nitrogens with zero attached hydrogens (tertiary/aromatic N) is 2. The van der Waals surface area contributed by atoms with Gasteiger partial charge in [0, 0.05) is 36.2 Å². The zero-order valence-electron chi connectivity index (χ0n) is 16.1. The van der Waals surface area contributed by atoms with Crippen molar-refractivity contribution < 1.29 is 18.3 Å². The molecule has 0 atom stereocenters. The third kappa shape index (κ3) is 4.62. The lowest BCUT2D eigenvalue weighted by Gasteiger charge is -2.19. The summed E-state index contributed by atoms with van der Waals surface area (Å²) >= 11 is 6.10. The van der Waals surface area contributed by atoms with Gasteiger partial charge in [0.25, 0.3) is 10.0 Å². The molecule has 1 N–H and O–H groups in total. The Labute approximate surface area is 175 Å². The van der Waals surface area contributed by atoms with Crippen LogP contribution >= 0.6 is 11.6 Å². The summed E-state index contributed by atoms with van der Waals surface area (Å²) in [5, 5.41) is 9.05. The molecule has 0 aromatic heterocycles. The van der Waals surface area contributed by atoms with E-state index in [0.717, 1.165) is 24.8 Å². The van der Waals surface area contributed by atoms with Crippen molar-refractivity contribution in [1.82, 2.24) is 0 Å². The topological polar surface area (TPSA) is 87.0 Å². The molecule has 8 heteroatoms. The van der Waals surface area contributed by atoms with Gasteiger partial charge in [0.15, 0.2) is 0 Å². The molecule has 0 fully saturated rings. The number of unbranched alkanes of at least 4 members (excludes halogenated alkanes) is 3. The summed E-state index contributed by atoms with van der Waals surface area (Å²) in [7, 11) is -2.23. The fraction of sp³-hybridized carbons (Fsp3) is 0.333. The number of benzene rings is 2. The number of rotatable bonds is 7. The van der Waals surface area contributed by atoms with E-state index >= 15 is 0 Å². The summed E-state index contributed by atoms with van der Waals surface area (Å²) in [6.45, 7) is 0.530. The molecule has 0 amide bonds. The molecule has 154 valence electrons. The maximum absolute atomic E-state index is 13.2. The van der Waals surface area contributed by atoms with Crippen LogP contribution in [0.1, 0.15) is 43.2 Å². The van der Waals surface area contributed by atoms with Crippen molar-refractivity contribution in [3.05, 3.63) is 58.6 Å². The molecular weight excluding hydrogens is 412 g/mol. The Morgan fingerprint density at radius 3 is 2.55 bits per heavy atom. The van der Waals surface area contributed by atoms with Crippen LogP contribution in [0.2, 0.25) is 5.02 Å². The highest BCUT2D eigenvalue weighted by Gasteiger charge is 2.32. The van der Waals surface area contributed by atoms with E-state index in [1.165, 1.54) is 17.4 Å². The predicted octanol–water partition coefficient (Wildman–Crippen LogP) is 4.35. The SMILES string of the molecule is CN1c2ccccc2C(=NCCCCCCC(=O)O)c2ccc(Cl)cc2S1(=O)=O. The second-order valence-corrected chi connectivity index (χ2v) is 9.29. The number of para-hydroxylation sites is 1. The molecule has 0 bridgehead atoms. The molecule has 0 spiro atoms. The number of aliphatic carboxylic acids is 1. The fourth-order valence-corrected chi connectivity index (χ4v) is 5.05. The maximum Gasteiger partial charge on any atom is 0.303 e. The third-order valence-electron chi connectivity index (χ3n) is 4.90. The minimum atomic E-state index is -3.76. The highest BCUT2D eigenvalue weighted by molar-refractivity contribution is 7.93. The highest BCUT2D eigenvalue weighted by atomic mass is 35.5. The highest BCUT2D eigenvalue weighted by Crippen LogP contribution is 2.35. The first-order valence-electron chi connectivity index (χ1n) is 9.47. The molecule has 0 saturated carbocycles. The number of hydrogen-bond acceptors (Lipinski definition) is 4. The first-order valence-corrected chi connectivity index (χ1v) is 11.3. The molecule has 1 heterocycles. The lowest BCUT2D eigenvalue weighted by molar-refractivity contribution is -0.137. The smallest absolute Gasteiger partial charge is 0.303 e. The summed E-state index contributed by atoms with van der Waals surface area (Å²) < 4.78 is 27.6. The van der Waals surface area contributed by atoms with Crippen LogP contribution in [-0.4, -0.2) is 38.8 Å². The van der Waals surface area contributed by atoms with Gasteiger partial charge in [-0.2, -0.15) is 0 Å². The standard InChI is InChI=1S/C21H23ClN2O4S/c1-24-18-9-6-5-8-16(18)21(23-13-7-3-2-4-10-20(25)26)17-12-11-15(22)14-19(17)29(24,27)28/h5-6,8-9,11-12,14H,2-4,7,10,13H2,1H3,(H,25,26). The summed E-state index contributed by atoms with van der Waals surface area (Å²) in [6, 6.07) is 12.1. The van der Waals surface area contributed by atoms with E-state index in [4.69, 9.17) is 21.7 Å². The summed E-state index contributed by atoms with van der Waals surface area (Å²) in [4.78, 5) is 15.5. The summed E-state index contributed by atoms with van der Waals surface area (Å²) in [5.74, 6) is -0.777. The number of fused-ring (bicyclic) bond motifs is 2. The number of anilines is 1. The van der Waals surface area contributed by atoms with E-state index in [2.05, 4.69) is 0 Å². The van der Waals surface area contributed by atoms with Crippen molar-refractivity contribution in [1.29, 1.82) is 0 Å². The Morgan fingerprint density at radius 1 is 1.07 bits per heavy atom. The Morgan fingerprint density at radius 2 is 1.79 bits per heavy atom. The van der Waals surface area contributed by atoms with Crippen molar-refractivity contribution in [3.8, 4) is 0 Å². The molecule has 2 aromatic rings. The van der Waals surface area contributed by atoms with Gasteiger partial charge in [-0.3, -0.25) is 14.1 Å². The van der Waals surface area contributed by atoms with Gasteiger partial charge in [-0.05, 0) is 37.1 Å². The average molecular weight is 435 g/mol. The molecule has 6 nitrogen and oxygen atoms in total. The van der Waals surface area contributed by atoms with Crippen LogP contribution in [0, 0.1) is 0 Å². The molecule has 0 saturated heterocycles. The van der Waals surface area contributed by atoms with E-state index in [1.54, 1.807) is 24.3 Å². The molecule has 0 radical (unpaired) electrons. The predicted molar refractivity (Wildman–Crippen MR) is 115 cm³/mol. The normalized spacial score (nSPS) is 16.2. The number of halogens is 1. The summed E-state index contributed by atoms with van der Waals surface area (Å²) in [5.41, 5.74) is 2.49. The number of hydrogen-bond donors (Lipinski definition) is 1. The van der Waals surface area contributed by atoms with Crippen LogP contribution < -0.4 is 4.31 Å². The van der Waals surface area contributed by atoms with Gasteiger partial charge in [0.2, 0.25) is 0 Å². The van der Waals surface area contributed by atoms with Crippen molar-refractivity contribution in [2.45, 2.75) is 37.0 Å². The number of sulfonamides is 1. The first kappa shape index (κ1) is 21.3. The van der Waals surface area contributed by atoms with Crippen LogP contribution in [0.3, 0.4) is 0 Å². The minimum absolute atomic E-state index is 0.143. The largest absolute Gasteiger partial charge is 0.481 e. The molecule has 1 aliphatic rings. The maximum atomic E-state index is 13.2. The second kappa shape index (κ2) is 8.97. The van der Waals surface area contributed by atoms with Crippen LogP contribution in [0.15, 0.2) is 52.4 Å². The minimum Gasteiger partial charge on any atom is -0.481 e. The van der Waals surface area contributed by atoms with Gasteiger partial charge >= 0.3 is 5.97 Å². The molecule has 0 aliphatic carbocycles. The van der Waals surface area contributed by atoms with Crippen LogP contribution in [0.25, 0.3) is 0 Å². The van der Waals surface area contributed by atoms with Gasteiger partial charge in [0.1, 0.15) is 0 Å².